The minimum atomic E-state index is 0.0224. The normalized spacial score (nSPS) is 20.7. The van der Waals surface area contributed by atoms with Crippen LogP contribution in [0.25, 0.3) is 0 Å². The molecule has 1 atom stereocenters. The van der Waals surface area contributed by atoms with Crippen LogP contribution in [-0.2, 0) is 20.8 Å². The highest BCUT2D eigenvalue weighted by Crippen LogP contribution is 2.63. The van der Waals surface area contributed by atoms with Gasteiger partial charge in [0.15, 0.2) is 0 Å². The molecule has 0 radical (unpaired) electrons. The van der Waals surface area contributed by atoms with Crippen LogP contribution in [0.2, 0.25) is 0 Å². The molecule has 4 nitrogen and oxygen atoms in total. The zero-order valence-electron chi connectivity index (χ0n) is 14.7. The van der Waals surface area contributed by atoms with Crippen molar-refractivity contribution in [2.45, 2.75) is 47.7 Å². The van der Waals surface area contributed by atoms with Gasteiger partial charge < -0.3 is 19.3 Å². The van der Waals surface area contributed by atoms with Gasteiger partial charge in [-0.25, -0.2) is 0 Å². The third-order valence-electron chi connectivity index (χ3n) is 4.18. The highest BCUT2D eigenvalue weighted by atomic mass is 32.2. The predicted octanol–water partition coefficient (Wildman–Crippen LogP) is 4.32. The SMILES string of the molecule is COCCC1(CCOC)Sc2cc3c(c(CO)c2S1)SC(COC)S3. The molecule has 2 aliphatic rings. The van der Waals surface area contributed by atoms with Gasteiger partial charge in [-0.15, -0.1) is 47.0 Å². The van der Waals surface area contributed by atoms with Gasteiger partial charge >= 0.3 is 0 Å². The van der Waals surface area contributed by atoms with Gasteiger partial charge in [0.2, 0.25) is 0 Å². The Morgan fingerprint density at radius 3 is 2.28 bits per heavy atom. The molecule has 0 saturated carbocycles. The highest BCUT2D eigenvalue weighted by Gasteiger charge is 2.42. The summed E-state index contributed by atoms with van der Waals surface area (Å²) >= 11 is 7.46. The van der Waals surface area contributed by atoms with E-state index in [1.54, 1.807) is 21.3 Å². The fourth-order valence-corrected chi connectivity index (χ4v) is 9.32. The third-order valence-corrected chi connectivity index (χ3v) is 10.4. The van der Waals surface area contributed by atoms with E-state index < -0.39 is 0 Å². The first-order chi connectivity index (χ1) is 12.2. The monoisotopic (exact) mass is 420 g/mol. The molecule has 0 saturated heterocycles. The van der Waals surface area contributed by atoms with Crippen molar-refractivity contribution >= 4 is 47.0 Å². The lowest BCUT2D eigenvalue weighted by molar-refractivity contribution is 0.171. The number of rotatable bonds is 9. The zero-order chi connectivity index (χ0) is 17.9. The number of fused-ring (bicyclic) bond motifs is 2. The van der Waals surface area contributed by atoms with E-state index in [0.29, 0.717) is 11.2 Å². The summed E-state index contributed by atoms with van der Waals surface area (Å²) in [4.78, 5) is 5.03. The lowest BCUT2D eigenvalue weighted by Gasteiger charge is -2.26. The van der Waals surface area contributed by atoms with Crippen molar-refractivity contribution in [2.24, 2.45) is 0 Å². The van der Waals surface area contributed by atoms with E-state index in [2.05, 4.69) is 6.07 Å². The van der Waals surface area contributed by atoms with Gasteiger partial charge in [0.1, 0.15) is 0 Å². The van der Waals surface area contributed by atoms with Crippen molar-refractivity contribution in [3.63, 3.8) is 0 Å². The molecular formula is C17H24O4S4. The van der Waals surface area contributed by atoms with Gasteiger partial charge in [-0.2, -0.15) is 0 Å². The number of methoxy groups -OCH3 is 3. The molecule has 1 N–H and O–H groups in total. The molecule has 0 aromatic heterocycles. The van der Waals surface area contributed by atoms with Gasteiger partial charge in [0.25, 0.3) is 0 Å². The molecule has 8 heteroatoms. The minimum absolute atomic E-state index is 0.0224. The third kappa shape index (κ3) is 4.32. The van der Waals surface area contributed by atoms with Gasteiger partial charge in [-0.05, 0) is 18.9 Å². The van der Waals surface area contributed by atoms with Crippen LogP contribution in [-0.4, -0.2) is 54.9 Å². The number of hydrogen-bond acceptors (Lipinski definition) is 8. The Morgan fingerprint density at radius 2 is 1.68 bits per heavy atom. The number of ether oxygens (including phenoxy) is 3. The first kappa shape index (κ1) is 20.2. The summed E-state index contributed by atoms with van der Waals surface area (Å²) in [5, 5.41) is 10.1. The second kappa shape index (κ2) is 9.10. The van der Waals surface area contributed by atoms with Crippen molar-refractivity contribution in [3.8, 4) is 0 Å². The molecule has 0 aliphatic carbocycles. The Kier molecular flexibility index (Phi) is 7.35. The molecule has 0 spiro atoms. The average molecular weight is 421 g/mol. The maximum atomic E-state index is 10.1. The molecule has 140 valence electrons. The average Bonchev–Trinajstić information content (AvgIpc) is 3.17. The van der Waals surface area contributed by atoms with E-state index in [9.17, 15) is 5.11 Å². The molecule has 3 rings (SSSR count). The predicted molar refractivity (Wildman–Crippen MR) is 107 cm³/mol. The lowest BCUT2D eigenvalue weighted by Crippen LogP contribution is -2.21. The minimum Gasteiger partial charge on any atom is -0.392 e. The zero-order valence-corrected chi connectivity index (χ0v) is 18.0. The van der Waals surface area contributed by atoms with Crippen molar-refractivity contribution < 1.29 is 19.3 Å². The van der Waals surface area contributed by atoms with Crippen molar-refractivity contribution in [1.82, 2.24) is 0 Å². The van der Waals surface area contributed by atoms with E-state index in [1.165, 1.54) is 19.6 Å². The summed E-state index contributed by atoms with van der Waals surface area (Å²) in [5.74, 6) is 0. The maximum absolute atomic E-state index is 10.1. The van der Waals surface area contributed by atoms with Crippen molar-refractivity contribution in [3.05, 3.63) is 11.6 Å². The quantitative estimate of drug-likeness (QED) is 0.634. The second-order valence-electron chi connectivity index (χ2n) is 5.89. The first-order valence-electron chi connectivity index (χ1n) is 8.15. The number of hydrogen-bond donors (Lipinski definition) is 1. The maximum Gasteiger partial charge on any atom is 0.0830 e. The van der Waals surface area contributed by atoms with Crippen molar-refractivity contribution in [2.75, 3.05) is 41.2 Å². The molecule has 1 aromatic rings. The molecule has 0 bridgehead atoms. The first-order valence-corrected chi connectivity index (χ1v) is 11.5. The molecule has 25 heavy (non-hydrogen) atoms. The summed E-state index contributed by atoms with van der Waals surface area (Å²) < 4.78 is 16.4. The lowest BCUT2D eigenvalue weighted by atomic mass is 10.2. The van der Waals surface area contributed by atoms with Crippen LogP contribution < -0.4 is 0 Å². The van der Waals surface area contributed by atoms with E-state index in [1.807, 2.05) is 47.0 Å². The largest absolute Gasteiger partial charge is 0.392 e. The van der Waals surface area contributed by atoms with Gasteiger partial charge in [0, 0.05) is 59.7 Å². The number of aliphatic hydroxyl groups is 1. The van der Waals surface area contributed by atoms with Crippen LogP contribution in [0.5, 0.6) is 0 Å². The van der Waals surface area contributed by atoms with Crippen LogP contribution in [0.4, 0.5) is 0 Å². The molecule has 1 aromatic carbocycles. The molecular weight excluding hydrogens is 396 g/mol. The fourth-order valence-electron chi connectivity index (χ4n) is 2.95. The Hall–Kier alpha value is 0.460. The summed E-state index contributed by atoms with van der Waals surface area (Å²) in [6.07, 6.45) is 1.91. The van der Waals surface area contributed by atoms with Crippen LogP contribution in [0.1, 0.15) is 18.4 Å². The summed E-state index contributed by atoms with van der Waals surface area (Å²) in [7, 11) is 5.24. The van der Waals surface area contributed by atoms with Gasteiger partial charge in [0.05, 0.1) is 21.9 Å². The Balaban J connectivity index is 1.88. The van der Waals surface area contributed by atoms with Gasteiger partial charge in [-0.3, -0.25) is 0 Å². The van der Waals surface area contributed by atoms with Gasteiger partial charge in [-0.1, -0.05) is 0 Å². The Bertz CT molecular complexity index is 603. The van der Waals surface area contributed by atoms with Crippen molar-refractivity contribution in [1.29, 1.82) is 0 Å². The van der Waals surface area contributed by atoms with Crippen LogP contribution in [0, 0.1) is 0 Å². The number of thioether (sulfide) groups is 4. The van der Waals surface area contributed by atoms with E-state index in [4.69, 9.17) is 14.2 Å². The standard InChI is InChI=1S/C17H24O4S4/c1-19-6-4-17(5-7-20-2)24-13-8-12-15(11(9-18)16(13)25-17)23-14(22-12)10-21-3/h8,14,18H,4-7,9-10H2,1-3H3. The smallest absolute Gasteiger partial charge is 0.0830 e. The Morgan fingerprint density at radius 1 is 0.960 bits per heavy atom. The number of aliphatic hydroxyl groups excluding tert-OH is 1. The molecule has 2 heterocycles. The molecule has 2 aliphatic heterocycles. The summed E-state index contributed by atoms with van der Waals surface area (Å²) in [5.41, 5.74) is 1.08. The molecule has 1 unspecified atom stereocenters. The van der Waals surface area contributed by atoms with Crippen LogP contribution >= 0.6 is 47.0 Å². The molecule has 0 amide bonds. The topological polar surface area (TPSA) is 47.9 Å². The molecule has 0 fully saturated rings. The Labute approximate surface area is 166 Å². The summed E-state index contributed by atoms with van der Waals surface area (Å²) in [6.45, 7) is 2.25. The van der Waals surface area contributed by atoms with Crippen LogP contribution in [0.15, 0.2) is 25.6 Å². The second-order valence-corrected chi connectivity index (χ2v) is 11.7. The fraction of sp³-hybridized carbons (Fsp3) is 0.647. The number of benzene rings is 1. The van der Waals surface area contributed by atoms with Crippen LogP contribution in [0.3, 0.4) is 0 Å². The van der Waals surface area contributed by atoms with E-state index in [0.717, 1.165) is 31.6 Å². The van der Waals surface area contributed by atoms with E-state index in [-0.39, 0.29) is 10.7 Å². The highest BCUT2D eigenvalue weighted by molar-refractivity contribution is 8.21. The van der Waals surface area contributed by atoms with E-state index >= 15 is 0 Å². The summed E-state index contributed by atoms with van der Waals surface area (Å²) in [6, 6.07) is 2.30.